The standard InChI is InChI=1S/C14H21NO3/c1-9-4-5-13(18-9)14(15)10-6-11(16-2)8-12(7-10)17-3/h6-9,13-14H,4-5,15H2,1-3H3. The summed E-state index contributed by atoms with van der Waals surface area (Å²) in [6.45, 7) is 2.08. The molecule has 0 saturated carbocycles. The molecule has 18 heavy (non-hydrogen) atoms. The third-order valence-electron chi connectivity index (χ3n) is 3.42. The van der Waals surface area contributed by atoms with E-state index in [0.717, 1.165) is 29.9 Å². The van der Waals surface area contributed by atoms with Gasteiger partial charge in [0.1, 0.15) is 11.5 Å². The first-order valence-electron chi connectivity index (χ1n) is 6.28. The van der Waals surface area contributed by atoms with E-state index in [0.29, 0.717) is 6.10 Å². The number of hydrogen-bond acceptors (Lipinski definition) is 4. The Labute approximate surface area is 108 Å². The molecule has 4 heteroatoms. The van der Waals surface area contributed by atoms with Crippen molar-refractivity contribution in [3.8, 4) is 11.5 Å². The van der Waals surface area contributed by atoms with Crippen LogP contribution in [0.5, 0.6) is 11.5 Å². The molecular formula is C14H21NO3. The quantitative estimate of drug-likeness (QED) is 0.892. The number of benzene rings is 1. The van der Waals surface area contributed by atoms with E-state index in [1.54, 1.807) is 14.2 Å². The highest BCUT2D eigenvalue weighted by Gasteiger charge is 2.28. The van der Waals surface area contributed by atoms with E-state index in [1.165, 1.54) is 0 Å². The van der Waals surface area contributed by atoms with Crippen molar-refractivity contribution in [2.75, 3.05) is 14.2 Å². The highest BCUT2D eigenvalue weighted by Crippen LogP contribution is 2.32. The maximum atomic E-state index is 6.27. The molecule has 0 radical (unpaired) electrons. The molecule has 0 amide bonds. The van der Waals surface area contributed by atoms with Crippen LogP contribution in [0.1, 0.15) is 31.4 Å². The predicted molar refractivity (Wildman–Crippen MR) is 70.0 cm³/mol. The van der Waals surface area contributed by atoms with Crippen molar-refractivity contribution in [2.24, 2.45) is 5.73 Å². The largest absolute Gasteiger partial charge is 0.497 e. The summed E-state index contributed by atoms with van der Waals surface area (Å²) in [5, 5.41) is 0. The van der Waals surface area contributed by atoms with Crippen LogP contribution in [0.4, 0.5) is 0 Å². The fourth-order valence-electron chi connectivity index (χ4n) is 2.33. The molecule has 0 spiro atoms. The van der Waals surface area contributed by atoms with Crippen molar-refractivity contribution in [3.63, 3.8) is 0 Å². The van der Waals surface area contributed by atoms with Gasteiger partial charge in [-0.15, -0.1) is 0 Å². The highest BCUT2D eigenvalue weighted by atomic mass is 16.5. The molecule has 1 aliphatic heterocycles. The summed E-state index contributed by atoms with van der Waals surface area (Å²) < 4.78 is 16.3. The fourth-order valence-corrected chi connectivity index (χ4v) is 2.33. The lowest BCUT2D eigenvalue weighted by Gasteiger charge is -2.21. The maximum absolute atomic E-state index is 6.27. The van der Waals surface area contributed by atoms with Gasteiger partial charge in [0, 0.05) is 6.07 Å². The zero-order valence-corrected chi connectivity index (χ0v) is 11.2. The Kier molecular flexibility index (Phi) is 4.09. The predicted octanol–water partition coefficient (Wildman–Crippen LogP) is 2.27. The number of ether oxygens (including phenoxy) is 3. The number of methoxy groups -OCH3 is 2. The lowest BCUT2D eigenvalue weighted by molar-refractivity contribution is 0.0401. The van der Waals surface area contributed by atoms with Crippen LogP contribution in [0, 0.1) is 0 Å². The van der Waals surface area contributed by atoms with Crippen LogP contribution in [0.25, 0.3) is 0 Å². The fraction of sp³-hybridized carbons (Fsp3) is 0.571. The van der Waals surface area contributed by atoms with Crippen LogP contribution in [0.2, 0.25) is 0 Å². The van der Waals surface area contributed by atoms with Crippen molar-refractivity contribution in [1.82, 2.24) is 0 Å². The third kappa shape index (κ3) is 2.76. The Morgan fingerprint density at radius 3 is 2.22 bits per heavy atom. The minimum absolute atomic E-state index is 0.0804. The average molecular weight is 251 g/mol. The van der Waals surface area contributed by atoms with Crippen LogP contribution in [-0.4, -0.2) is 26.4 Å². The van der Waals surface area contributed by atoms with E-state index < -0.39 is 0 Å². The van der Waals surface area contributed by atoms with Crippen LogP contribution >= 0.6 is 0 Å². The van der Waals surface area contributed by atoms with Gasteiger partial charge in [-0.25, -0.2) is 0 Å². The van der Waals surface area contributed by atoms with Crippen LogP contribution < -0.4 is 15.2 Å². The van der Waals surface area contributed by atoms with Crippen molar-refractivity contribution < 1.29 is 14.2 Å². The first-order valence-corrected chi connectivity index (χ1v) is 6.28. The van der Waals surface area contributed by atoms with E-state index in [2.05, 4.69) is 6.92 Å². The van der Waals surface area contributed by atoms with Gasteiger partial charge in [0.05, 0.1) is 32.5 Å². The monoisotopic (exact) mass is 251 g/mol. The number of hydrogen-bond donors (Lipinski definition) is 1. The van der Waals surface area contributed by atoms with Crippen LogP contribution in [0.3, 0.4) is 0 Å². The highest BCUT2D eigenvalue weighted by molar-refractivity contribution is 5.40. The summed E-state index contributed by atoms with van der Waals surface area (Å²) in [4.78, 5) is 0. The minimum Gasteiger partial charge on any atom is -0.497 e. The summed E-state index contributed by atoms with van der Waals surface area (Å²) >= 11 is 0. The molecular weight excluding hydrogens is 230 g/mol. The Hall–Kier alpha value is -1.26. The molecule has 3 atom stereocenters. The summed E-state index contributed by atoms with van der Waals surface area (Å²) in [6.07, 6.45) is 2.45. The number of rotatable bonds is 4. The van der Waals surface area contributed by atoms with Crippen LogP contribution in [-0.2, 0) is 4.74 Å². The molecule has 100 valence electrons. The van der Waals surface area contributed by atoms with Gasteiger partial charge in [-0.05, 0) is 37.5 Å². The van der Waals surface area contributed by atoms with Gasteiger partial charge in [-0.1, -0.05) is 0 Å². The number of nitrogens with two attached hydrogens (primary N) is 1. The van der Waals surface area contributed by atoms with Gasteiger partial charge in [0.15, 0.2) is 0 Å². The van der Waals surface area contributed by atoms with Gasteiger partial charge >= 0.3 is 0 Å². The second-order valence-electron chi connectivity index (χ2n) is 4.73. The maximum Gasteiger partial charge on any atom is 0.122 e. The summed E-state index contributed by atoms with van der Waals surface area (Å²) in [5.74, 6) is 1.51. The third-order valence-corrected chi connectivity index (χ3v) is 3.42. The Morgan fingerprint density at radius 2 is 1.78 bits per heavy atom. The van der Waals surface area contributed by atoms with Crippen molar-refractivity contribution >= 4 is 0 Å². The Balaban J connectivity index is 2.20. The molecule has 1 aliphatic rings. The molecule has 3 unspecified atom stereocenters. The molecule has 1 saturated heterocycles. The van der Waals surface area contributed by atoms with Gasteiger partial charge in [0.2, 0.25) is 0 Å². The van der Waals surface area contributed by atoms with Crippen molar-refractivity contribution in [2.45, 2.75) is 38.0 Å². The van der Waals surface area contributed by atoms with Gasteiger partial charge in [-0.3, -0.25) is 0 Å². The lowest BCUT2D eigenvalue weighted by Crippen LogP contribution is -2.26. The van der Waals surface area contributed by atoms with E-state index in [4.69, 9.17) is 19.9 Å². The second-order valence-corrected chi connectivity index (χ2v) is 4.73. The Bertz CT molecular complexity index is 386. The summed E-state index contributed by atoms with van der Waals surface area (Å²) in [5.41, 5.74) is 7.26. The molecule has 1 aromatic rings. The average Bonchev–Trinajstić information content (AvgIpc) is 2.83. The van der Waals surface area contributed by atoms with Crippen molar-refractivity contribution in [3.05, 3.63) is 23.8 Å². The van der Waals surface area contributed by atoms with Crippen LogP contribution in [0.15, 0.2) is 18.2 Å². The molecule has 1 aromatic carbocycles. The zero-order valence-electron chi connectivity index (χ0n) is 11.2. The Morgan fingerprint density at radius 1 is 1.17 bits per heavy atom. The van der Waals surface area contributed by atoms with Crippen molar-refractivity contribution in [1.29, 1.82) is 0 Å². The molecule has 0 bridgehead atoms. The SMILES string of the molecule is COc1cc(OC)cc(C(N)C2CCC(C)O2)c1. The smallest absolute Gasteiger partial charge is 0.122 e. The molecule has 4 nitrogen and oxygen atoms in total. The molecule has 2 rings (SSSR count). The summed E-state index contributed by atoms with van der Waals surface area (Å²) in [7, 11) is 3.27. The molecule has 2 N–H and O–H groups in total. The second kappa shape index (κ2) is 5.59. The summed E-state index contributed by atoms with van der Waals surface area (Å²) in [6, 6.07) is 5.59. The normalized spacial score (nSPS) is 24.9. The van der Waals surface area contributed by atoms with E-state index in [-0.39, 0.29) is 12.1 Å². The lowest BCUT2D eigenvalue weighted by atomic mass is 9.99. The first-order chi connectivity index (χ1) is 8.63. The van der Waals surface area contributed by atoms with Gasteiger partial charge < -0.3 is 19.9 Å². The molecule has 0 aromatic heterocycles. The zero-order chi connectivity index (χ0) is 13.1. The van der Waals surface area contributed by atoms with E-state index in [1.807, 2.05) is 18.2 Å². The molecule has 0 aliphatic carbocycles. The minimum atomic E-state index is -0.140. The van der Waals surface area contributed by atoms with Gasteiger partial charge in [-0.2, -0.15) is 0 Å². The van der Waals surface area contributed by atoms with E-state index >= 15 is 0 Å². The van der Waals surface area contributed by atoms with E-state index in [9.17, 15) is 0 Å². The molecule has 1 heterocycles. The first kappa shape index (κ1) is 13.2. The molecule has 1 fully saturated rings. The topological polar surface area (TPSA) is 53.7 Å². The van der Waals surface area contributed by atoms with Gasteiger partial charge in [0.25, 0.3) is 0 Å².